The van der Waals surface area contributed by atoms with Crippen LogP contribution in [0.4, 0.5) is 0 Å². The van der Waals surface area contributed by atoms with Crippen molar-refractivity contribution in [2.24, 2.45) is 5.92 Å². The molecule has 5 nitrogen and oxygen atoms in total. The Morgan fingerprint density at radius 3 is 3.24 bits per heavy atom. The smallest absolute Gasteiger partial charge is 0.213 e. The second-order valence-electron chi connectivity index (χ2n) is 4.81. The Kier molecular flexibility index (Phi) is 4.50. The molecule has 2 heterocycles. The maximum Gasteiger partial charge on any atom is 0.213 e. The molecule has 1 aromatic heterocycles. The first-order valence-corrected chi connectivity index (χ1v) is 6.50. The fourth-order valence-corrected chi connectivity index (χ4v) is 2.48. The van der Waals surface area contributed by atoms with E-state index in [2.05, 4.69) is 34.2 Å². The maximum atomic E-state index is 4.72. The minimum atomic E-state index is 0.503. The number of aromatic nitrogens is 2. The van der Waals surface area contributed by atoms with Gasteiger partial charge in [-0.25, -0.2) is 0 Å². The minimum Gasteiger partial charge on any atom is -0.343 e. The second kappa shape index (κ2) is 6.12. The van der Waals surface area contributed by atoms with Crippen LogP contribution in [0.2, 0.25) is 0 Å². The van der Waals surface area contributed by atoms with E-state index in [1.54, 1.807) is 0 Å². The Hall–Kier alpha value is -0.940. The van der Waals surface area contributed by atoms with Gasteiger partial charge in [-0.2, -0.15) is 4.98 Å². The topological polar surface area (TPSA) is 54.2 Å². The molecule has 0 aromatic carbocycles. The molecule has 0 saturated carbocycles. The van der Waals surface area contributed by atoms with Crippen molar-refractivity contribution >= 4 is 0 Å². The third kappa shape index (κ3) is 3.51. The molecule has 1 aliphatic rings. The van der Waals surface area contributed by atoms with Crippen LogP contribution in [0.3, 0.4) is 0 Å². The van der Waals surface area contributed by atoms with E-state index in [1.807, 2.05) is 0 Å². The lowest BCUT2D eigenvalue weighted by Gasteiger charge is -2.35. The van der Waals surface area contributed by atoms with Gasteiger partial charge in [-0.3, -0.25) is 0 Å². The Morgan fingerprint density at radius 2 is 2.53 bits per heavy atom. The summed E-state index contributed by atoms with van der Waals surface area (Å²) in [6.45, 7) is 8.81. The lowest BCUT2D eigenvalue weighted by atomic mass is 9.91. The van der Waals surface area contributed by atoms with Gasteiger partial charge in [0.2, 0.25) is 6.39 Å². The number of likely N-dealkylation sites (tertiary alicyclic amines) is 1. The molecule has 1 saturated heterocycles. The van der Waals surface area contributed by atoms with Crippen LogP contribution >= 0.6 is 0 Å². The lowest BCUT2D eigenvalue weighted by molar-refractivity contribution is 0.156. The van der Waals surface area contributed by atoms with Crippen molar-refractivity contribution in [2.45, 2.75) is 39.3 Å². The van der Waals surface area contributed by atoms with E-state index >= 15 is 0 Å². The zero-order chi connectivity index (χ0) is 12.1. The van der Waals surface area contributed by atoms with Crippen LogP contribution in [-0.4, -0.2) is 40.7 Å². The van der Waals surface area contributed by atoms with Crippen molar-refractivity contribution in [2.75, 3.05) is 19.6 Å². The molecule has 2 rings (SSSR count). The summed E-state index contributed by atoms with van der Waals surface area (Å²) in [5, 5.41) is 7.29. The minimum absolute atomic E-state index is 0.503. The van der Waals surface area contributed by atoms with Crippen molar-refractivity contribution in [3.05, 3.63) is 12.2 Å². The van der Waals surface area contributed by atoms with E-state index in [1.165, 1.54) is 32.3 Å². The molecule has 0 amide bonds. The molecular weight excluding hydrogens is 216 g/mol. The van der Waals surface area contributed by atoms with Gasteiger partial charge in [-0.1, -0.05) is 12.1 Å². The van der Waals surface area contributed by atoms with Crippen molar-refractivity contribution in [3.63, 3.8) is 0 Å². The third-order valence-corrected chi connectivity index (χ3v) is 3.69. The molecule has 1 fully saturated rings. The van der Waals surface area contributed by atoms with Crippen molar-refractivity contribution in [1.29, 1.82) is 0 Å². The average molecular weight is 238 g/mol. The second-order valence-corrected chi connectivity index (χ2v) is 4.81. The molecular formula is C12H22N4O. The highest BCUT2D eigenvalue weighted by atomic mass is 16.5. The highest BCUT2D eigenvalue weighted by Gasteiger charge is 2.23. The van der Waals surface area contributed by atoms with Gasteiger partial charge in [0, 0.05) is 12.6 Å². The number of rotatable bonds is 5. The zero-order valence-electron chi connectivity index (χ0n) is 10.7. The predicted octanol–water partition coefficient (Wildman–Crippen LogP) is 1.28. The average Bonchev–Trinajstić information content (AvgIpc) is 2.89. The normalized spacial score (nSPS) is 23.8. The van der Waals surface area contributed by atoms with Crippen molar-refractivity contribution in [1.82, 2.24) is 20.4 Å². The molecule has 1 aromatic rings. The van der Waals surface area contributed by atoms with E-state index in [4.69, 9.17) is 4.52 Å². The molecule has 0 spiro atoms. The summed E-state index contributed by atoms with van der Waals surface area (Å²) in [7, 11) is 0. The summed E-state index contributed by atoms with van der Waals surface area (Å²) >= 11 is 0. The molecule has 0 aliphatic carbocycles. The molecule has 1 aliphatic heterocycles. The van der Waals surface area contributed by atoms with Gasteiger partial charge in [0.1, 0.15) is 0 Å². The fraction of sp³-hybridized carbons (Fsp3) is 0.833. The largest absolute Gasteiger partial charge is 0.343 e. The number of nitrogens with zero attached hydrogens (tertiary/aromatic N) is 3. The van der Waals surface area contributed by atoms with Gasteiger partial charge in [0.25, 0.3) is 0 Å². The summed E-state index contributed by atoms with van der Waals surface area (Å²) in [6.07, 6.45) is 4.00. The number of hydrogen-bond donors (Lipinski definition) is 1. The fourth-order valence-electron chi connectivity index (χ4n) is 2.48. The summed E-state index contributed by atoms with van der Waals surface area (Å²) < 4.78 is 4.72. The summed E-state index contributed by atoms with van der Waals surface area (Å²) in [5.41, 5.74) is 0. The van der Waals surface area contributed by atoms with Crippen LogP contribution in [0.15, 0.2) is 10.9 Å². The predicted molar refractivity (Wildman–Crippen MR) is 65.4 cm³/mol. The Morgan fingerprint density at radius 1 is 1.65 bits per heavy atom. The highest BCUT2D eigenvalue weighted by molar-refractivity contribution is 4.83. The highest BCUT2D eigenvalue weighted by Crippen LogP contribution is 2.19. The van der Waals surface area contributed by atoms with E-state index in [9.17, 15) is 0 Å². The van der Waals surface area contributed by atoms with Crippen LogP contribution < -0.4 is 5.32 Å². The van der Waals surface area contributed by atoms with Gasteiger partial charge in [0.05, 0.1) is 6.54 Å². The molecule has 5 heteroatoms. The Balaban J connectivity index is 1.76. The van der Waals surface area contributed by atoms with Gasteiger partial charge < -0.3 is 14.7 Å². The van der Waals surface area contributed by atoms with Gasteiger partial charge in [-0.05, 0) is 38.8 Å². The van der Waals surface area contributed by atoms with E-state index in [-0.39, 0.29) is 0 Å². The van der Waals surface area contributed by atoms with Gasteiger partial charge in [-0.15, -0.1) is 0 Å². The molecule has 2 atom stereocenters. The Bertz CT molecular complexity index is 314. The molecule has 96 valence electrons. The van der Waals surface area contributed by atoms with E-state index < -0.39 is 0 Å². The van der Waals surface area contributed by atoms with Crippen LogP contribution in [0.5, 0.6) is 0 Å². The van der Waals surface area contributed by atoms with E-state index in [0.717, 1.165) is 18.3 Å². The first-order valence-electron chi connectivity index (χ1n) is 6.50. The van der Waals surface area contributed by atoms with Crippen LogP contribution in [0.25, 0.3) is 0 Å². The molecule has 0 bridgehead atoms. The van der Waals surface area contributed by atoms with Gasteiger partial charge >= 0.3 is 0 Å². The Labute approximate surface area is 103 Å². The van der Waals surface area contributed by atoms with Gasteiger partial charge in [0.15, 0.2) is 5.82 Å². The summed E-state index contributed by atoms with van der Waals surface area (Å²) in [6, 6.07) is 0.503. The number of hydrogen-bond acceptors (Lipinski definition) is 5. The monoisotopic (exact) mass is 238 g/mol. The SMILES string of the molecule is CCN1CCCC(C(C)NCc2ncon2)C1. The molecule has 2 unspecified atom stereocenters. The van der Waals surface area contributed by atoms with E-state index in [0.29, 0.717) is 12.6 Å². The zero-order valence-corrected chi connectivity index (χ0v) is 10.7. The summed E-state index contributed by atoms with van der Waals surface area (Å²) in [5.74, 6) is 1.47. The molecule has 17 heavy (non-hydrogen) atoms. The lowest BCUT2D eigenvalue weighted by Crippen LogP contribution is -2.44. The van der Waals surface area contributed by atoms with Crippen molar-refractivity contribution < 1.29 is 4.52 Å². The quantitative estimate of drug-likeness (QED) is 0.837. The third-order valence-electron chi connectivity index (χ3n) is 3.69. The maximum absolute atomic E-state index is 4.72. The number of nitrogens with one attached hydrogen (secondary N) is 1. The van der Waals surface area contributed by atoms with Crippen molar-refractivity contribution in [3.8, 4) is 0 Å². The van der Waals surface area contributed by atoms with Crippen LogP contribution in [0.1, 0.15) is 32.5 Å². The first kappa shape index (κ1) is 12.5. The van der Waals surface area contributed by atoms with Crippen LogP contribution in [0, 0.1) is 5.92 Å². The number of piperidine rings is 1. The molecule has 0 radical (unpaired) electrons. The van der Waals surface area contributed by atoms with Crippen LogP contribution in [-0.2, 0) is 6.54 Å². The molecule has 1 N–H and O–H groups in total. The summed E-state index contributed by atoms with van der Waals surface area (Å²) in [4.78, 5) is 6.54. The standard InChI is InChI=1S/C12H22N4O/c1-3-16-6-4-5-11(8-16)10(2)13-7-12-14-9-17-15-12/h9-11,13H,3-8H2,1-2H3. The first-order chi connectivity index (χ1) is 8.29.